The number of esters is 2. The highest BCUT2D eigenvalue weighted by Gasteiger charge is 2.30. The number of carbonyl (C=O) groups is 2. The van der Waals surface area contributed by atoms with E-state index in [0.717, 1.165) is 0 Å². The van der Waals surface area contributed by atoms with E-state index in [9.17, 15) is 9.59 Å². The summed E-state index contributed by atoms with van der Waals surface area (Å²) in [5.74, 6) is -0.991. The number of hydrogen-bond donors (Lipinski definition) is 1. The minimum atomic E-state index is -0.536. The van der Waals surface area contributed by atoms with Crippen LogP contribution in [0.5, 0.6) is 0 Å². The third kappa shape index (κ3) is 1.53. The van der Waals surface area contributed by atoms with Gasteiger partial charge in [-0.1, -0.05) is 5.21 Å². The van der Waals surface area contributed by atoms with Gasteiger partial charge in [-0.15, -0.1) is 10.2 Å². The average molecular weight is 182 g/mol. The summed E-state index contributed by atoms with van der Waals surface area (Å²) in [5.41, 5.74) is 0. The highest BCUT2D eigenvalue weighted by molar-refractivity contribution is 5.89. The summed E-state index contributed by atoms with van der Waals surface area (Å²) in [6.07, 6.45) is 0.260. The van der Waals surface area contributed by atoms with Crippen molar-refractivity contribution >= 4 is 11.9 Å². The highest BCUT2D eigenvalue weighted by atomic mass is 16.6. The van der Waals surface area contributed by atoms with Gasteiger partial charge in [0.15, 0.2) is 5.82 Å². The van der Waals surface area contributed by atoms with Gasteiger partial charge in [0.1, 0.15) is 0 Å². The molecule has 1 saturated heterocycles. The maximum absolute atomic E-state index is 10.8. The number of nitrogens with zero attached hydrogens (tertiary/aromatic N) is 3. The minimum absolute atomic E-state index is 0.130. The molecule has 0 amide bonds. The first-order valence-corrected chi connectivity index (χ1v) is 3.72. The molecule has 1 aromatic heterocycles. The molecule has 1 aromatic rings. The largest absolute Gasteiger partial charge is 0.393 e. The predicted molar refractivity (Wildman–Crippen MR) is 37.3 cm³/mol. The molecule has 1 aliphatic rings. The maximum atomic E-state index is 10.8. The summed E-state index contributed by atoms with van der Waals surface area (Å²) in [5, 5.41) is 13.0. The Kier molecular flexibility index (Phi) is 1.76. The van der Waals surface area contributed by atoms with Crippen LogP contribution in [0.2, 0.25) is 0 Å². The van der Waals surface area contributed by atoms with Crippen molar-refractivity contribution < 1.29 is 14.3 Å². The average Bonchev–Trinajstić information content (AvgIpc) is 2.53. The molecule has 0 radical (unpaired) electrons. The molecular weight excluding hydrogens is 176 g/mol. The van der Waals surface area contributed by atoms with E-state index in [0.29, 0.717) is 5.82 Å². The van der Waals surface area contributed by atoms with Crippen molar-refractivity contribution in [3.8, 4) is 0 Å². The molecule has 7 nitrogen and oxygen atoms in total. The molecule has 2 rings (SSSR count). The van der Waals surface area contributed by atoms with Crippen LogP contribution in [0.15, 0.2) is 0 Å². The molecule has 0 aromatic carbocycles. The maximum Gasteiger partial charge on any atom is 0.314 e. The van der Waals surface area contributed by atoms with Gasteiger partial charge in [0.2, 0.25) is 0 Å². The Balaban J connectivity index is 2.16. The standard InChI is InChI=1S/C6H6N4O3/c11-4-1-3(2-5(12)13-4)6-7-9-10-8-6/h3H,1-2H2,(H,7,8,9,10). The Labute approximate surface area is 72.5 Å². The molecule has 0 atom stereocenters. The van der Waals surface area contributed by atoms with E-state index in [1.807, 2.05) is 0 Å². The number of nitrogens with one attached hydrogen (secondary N) is 1. The zero-order valence-corrected chi connectivity index (χ0v) is 6.56. The summed E-state index contributed by atoms with van der Waals surface area (Å²) >= 11 is 0. The zero-order valence-electron chi connectivity index (χ0n) is 6.56. The molecule has 68 valence electrons. The van der Waals surface area contributed by atoms with E-state index in [4.69, 9.17) is 0 Å². The molecule has 0 saturated carbocycles. The molecular formula is C6H6N4O3. The van der Waals surface area contributed by atoms with Gasteiger partial charge in [-0.05, 0) is 0 Å². The fourth-order valence-corrected chi connectivity index (χ4v) is 1.21. The van der Waals surface area contributed by atoms with Crippen molar-refractivity contribution in [2.45, 2.75) is 18.8 Å². The molecule has 7 heteroatoms. The van der Waals surface area contributed by atoms with Gasteiger partial charge >= 0.3 is 11.9 Å². The molecule has 0 spiro atoms. The van der Waals surface area contributed by atoms with Crippen LogP contribution in [0.3, 0.4) is 0 Å². The van der Waals surface area contributed by atoms with Gasteiger partial charge in [-0.2, -0.15) is 5.21 Å². The summed E-state index contributed by atoms with van der Waals surface area (Å²) in [6.45, 7) is 0. The van der Waals surface area contributed by atoms with Gasteiger partial charge in [-0.25, -0.2) is 0 Å². The van der Waals surface area contributed by atoms with Crippen LogP contribution in [-0.4, -0.2) is 32.6 Å². The van der Waals surface area contributed by atoms with E-state index >= 15 is 0 Å². The predicted octanol–water partition coefficient (Wildman–Crippen LogP) is -0.853. The Morgan fingerprint density at radius 3 is 2.54 bits per heavy atom. The first kappa shape index (κ1) is 7.84. The lowest BCUT2D eigenvalue weighted by atomic mass is 9.99. The Morgan fingerprint density at radius 2 is 2.00 bits per heavy atom. The lowest BCUT2D eigenvalue weighted by molar-refractivity contribution is -0.164. The monoisotopic (exact) mass is 182 g/mol. The van der Waals surface area contributed by atoms with Crippen LogP contribution in [-0.2, 0) is 14.3 Å². The normalized spacial score (nSPS) is 18.8. The first-order chi connectivity index (χ1) is 6.25. The Morgan fingerprint density at radius 1 is 1.31 bits per heavy atom. The molecule has 1 N–H and O–H groups in total. The Hall–Kier alpha value is -1.79. The SMILES string of the molecule is O=C1CC(c2nn[nH]n2)CC(=O)O1. The van der Waals surface area contributed by atoms with Crippen LogP contribution in [0.1, 0.15) is 24.6 Å². The fourth-order valence-electron chi connectivity index (χ4n) is 1.21. The topological polar surface area (TPSA) is 97.8 Å². The van der Waals surface area contributed by atoms with E-state index in [1.165, 1.54) is 0 Å². The number of H-pyrrole nitrogens is 1. The first-order valence-electron chi connectivity index (χ1n) is 3.72. The van der Waals surface area contributed by atoms with Crippen molar-refractivity contribution in [1.82, 2.24) is 20.6 Å². The van der Waals surface area contributed by atoms with E-state index < -0.39 is 11.9 Å². The third-order valence-corrected chi connectivity index (χ3v) is 1.78. The van der Waals surface area contributed by atoms with Crippen LogP contribution < -0.4 is 0 Å². The summed E-state index contributed by atoms with van der Waals surface area (Å²) < 4.78 is 4.35. The lowest BCUT2D eigenvalue weighted by Gasteiger charge is -2.15. The van der Waals surface area contributed by atoms with Crippen molar-refractivity contribution in [2.24, 2.45) is 0 Å². The molecule has 0 aliphatic carbocycles. The smallest absolute Gasteiger partial charge is 0.314 e. The quantitative estimate of drug-likeness (QED) is 0.448. The number of tetrazole rings is 1. The van der Waals surface area contributed by atoms with Crippen LogP contribution in [0, 0.1) is 0 Å². The molecule has 2 heterocycles. The molecule has 0 unspecified atom stereocenters. The van der Waals surface area contributed by atoms with Crippen LogP contribution in [0.4, 0.5) is 0 Å². The molecule has 1 aliphatic heterocycles. The summed E-state index contributed by atoms with van der Waals surface area (Å²) in [7, 11) is 0. The minimum Gasteiger partial charge on any atom is -0.393 e. The molecule has 13 heavy (non-hydrogen) atoms. The Bertz CT molecular complexity index is 318. The lowest BCUT2D eigenvalue weighted by Crippen LogP contribution is -2.24. The summed E-state index contributed by atoms with van der Waals surface area (Å²) in [6, 6.07) is 0. The molecule has 0 bridgehead atoms. The van der Waals surface area contributed by atoms with Crippen LogP contribution >= 0.6 is 0 Å². The zero-order chi connectivity index (χ0) is 9.26. The fraction of sp³-hybridized carbons (Fsp3) is 0.500. The summed E-state index contributed by atoms with van der Waals surface area (Å²) in [4.78, 5) is 21.7. The van der Waals surface area contributed by atoms with Crippen molar-refractivity contribution in [2.75, 3.05) is 0 Å². The van der Waals surface area contributed by atoms with Crippen molar-refractivity contribution in [1.29, 1.82) is 0 Å². The number of hydrogen-bond acceptors (Lipinski definition) is 6. The number of carbonyl (C=O) groups excluding carboxylic acids is 2. The number of aromatic nitrogens is 4. The number of cyclic esters (lactones) is 2. The second kappa shape index (κ2) is 2.92. The number of rotatable bonds is 1. The second-order valence-corrected chi connectivity index (χ2v) is 2.72. The van der Waals surface area contributed by atoms with Gasteiger partial charge in [0.05, 0.1) is 12.8 Å². The van der Waals surface area contributed by atoms with Gasteiger partial charge < -0.3 is 4.74 Å². The third-order valence-electron chi connectivity index (χ3n) is 1.78. The van der Waals surface area contributed by atoms with Gasteiger partial charge in [-0.3, -0.25) is 9.59 Å². The molecule has 1 fully saturated rings. The van der Waals surface area contributed by atoms with Gasteiger partial charge in [0, 0.05) is 5.92 Å². The van der Waals surface area contributed by atoms with Crippen LogP contribution in [0.25, 0.3) is 0 Å². The highest BCUT2D eigenvalue weighted by Crippen LogP contribution is 2.24. The van der Waals surface area contributed by atoms with E-state index in [2.05, 4.69) is 25.4 Å². The van der Waals surface area contributed by atoms with E-state index in [1.54, 1.807) is 0 Å². The number of ether oxygens (including phenoxy) is 1. The second-order valence-electron chi connectivity index (χ2n) is 2.72. The van der Waals surface area contributed by atoms with Crippen molar-refractivity contribution in [3.63, 3.8) is 0 Å². The van der Waals surface area contributed by atoms with Crippen molar-refractivity contribution in [3.05, 3.63) is 5.82 Å². The van der Waals surface area contributed by atoms with E-state index in [-0.39, 0.29) is 18.8 Å². The number of aromatic amines is 1. The van der Waals surface area contributed by atoms with Gasteiger partial charge in [0.25, 0.3) is 0 Å².